The van der Waals surface area contributed by atoms with Crippen LogP contribution in [0, 0.1) is 0 Å². The first-order valence-corrected chi connectivity index (χ1v) is 8.72. The molecule has 1 aromatic heterocycles. The Hall–Kier alpha value is -1.36. The zero-order chi connectivity index (χ0) is 18.4. The van der Waals surface area contributed by atoms with Crippen molar-refractivity contribution in [3.8, 4) is 0 Å². The number of thiazole rings is 1. The number of guanidine groups is 1. The van der Waals surface area contributed by atoms with Gasteiger partial charge in [-0.25, -0.2) is 4.98 Å². The molecule has 2 aromatic rings. The lowest BCUT2D eigenvalue weighted by atomic mass is 10.1. The van der Waals surface area contributed by atoms with Crippen LogP contribution in [0.5, 0.6) is 0 Å². The van der Waals surface area contributed by atoms with Crippen molar-refractivity contribution in [3.63, 3.8) is 0 Å². The number of halogens is 4. The van der Waals surface area contributed by atoms with E-state index < -0.39 is 11.7 Å². The average Bonchev–Trinajstić information content (AvgIpc) is 3.04. The summed E-state index contributed by atoms with van der Waals surface area (Å²) in [4.78, 5) is 8.60. The van der Waals surface area contributed by atoms with Gasteiger partial charge >= 0.3 is 6.18 Å². The summed E-state index contributed by atoms with van der Waals surface area (Å²) in [5, 5.41) is 9.09. The van der Waals surface area contributed by atoms with Crippen molar-refractivity contribution in [1.82, 2.24) is 15.6 Å². The molecule has 144 valence electrons. The molecule has 0 unspecified atom stereocenters. The van der Waals surface area contributed by atoms with E-state index in [1.807, 2.05) is 5.38 Å². The normalized spacial score (nSPS) is 12.0. The van der Waals surface area contributed by atoms with E-state index in [9.17, 15) is 13.2 Å². The Labute approximate surface area is 172 Å². The van der Waals surface area contributed by atoms with Gasteiger partial charge in [0.2, 0.25) is 0 Å². The van der Waals surface area contributed by atoms with E-state index in [0.717, 1.165) is 22.8 Å². The van der Waals surface area contributed by atoms with Crippen molar-refractivity contribution in [2.75, 3.05) is 7.05 Å². The van der Waals surface area contributed by atoms with Crippen LogP contribution in [0.2, 0.25) is 0 Å². The van der Waals surface area contributed by atoms with Crippen LogP contribution in [0.25, 0.3) is 0 Å². The minimum atomic E-state index is -4.34. The molecule has 2 rings (SSSR count). The minimum absolute atomic E-state index is 0. The van der Waals surface area contributed by atoms with Crippen LogP contribution in [0.1, 0.15) is 41.6 Å². The number of hydrogen-bond acceptors (Lipinski definition) is 3. The number of aromatic nitrogens is 1. The Morgan fingerprint density at radius 1 is 1.23 bits per heavy atom. The quantitative estimate of drug-likeness (QED) is 0.355. The Morgan fingerprint density at radius 2 is 1.92 bits per heavy atom. The highest BCUT2D eigenvalue weighted by atomic mass is 127. The topological polar surface area (TPSA) is 49.3 Å². The van der Waals surface area contributed by atoms with E-state index in [1.54, 1.807) is 24.5 Å². The number of nitrogens with zero attached hydrogens (tertiary/aromatic N) is 2. The van der Waals surface area contributed by atoms with E-state index in [4.69, 9.17) is 0 Å². The molecule has 0 aliphatic rings. The predicted octanol–water partition coefficient (Wildman–Crippen LogP) is 4.77. The van der Waals surface area contributed by atoms with Crippen molar-refractivity contribution < 1.29 is 13.2 Å². The second-order valence-corrected chi connectivity index (χ2v) is 6.74. The maximum absolute atomic E-state index is 12.7. The summed E-state index contributed by atoms with van der Waals surface area (Å²) < 4.78 is 38.2. The lowest BCUT2D eigenvalue weighted by Gasteiger charge is -2.12. The number of aliphatic imine (C=N–C) groups is 1. The molecule has 0 amide bonds. The molecule has 0 radical (unpaired) electrons. The van der Waals surface area contributed by atoms with E-state index in [2.05, 4.69) is 34.5 Å². The van der Waals surface area contributed by atoms with E-state index in [-0.39, 0.29) is 30.5 Å². The fraction of sp³-hybridized carbons (Fsp3) is 0.412. The Bertz CT molecular complexity index is 729. The number of benzene rings is 1. The summed E-state index contributed by atoms with van der Waals surface area (Å²) in [5.74, 6) is 0.891. The summed E-state index contributed by atoms with van der Waals surface area (Å²) in [6.07, 6.45) is -4.34. The largest absolute Gasteiger partial charge is 0.416 e. The molecule has 2 N–H and O–H groups in total. The smallest absolute Gasteiger partial charge is 0.352 e. The summed E-state index contributed by atoms with van der Waals surface area (Å²) >= 11 is 1.57. The molecular formula is C17H22F3IN4S. The van der Waals surface area contributed by atoms with Gasteiger partial charge in [0.15, 0.2) is 5.96 Å². The fourth-order valence-corrected chi connectivity index (χ4v) is 2.99. The van der Waals surface area contributed by atoms with Gasteiger partial charge in [0.1, 0.15) is 5.01 Å². The van der Waals surface area contributed by atoms with E-state index in [1.165, 1.54) is 6.07 Å². The molecule has 0 aliphatic carbocycles. The molecule has 4 nitrogen and oxygen atoms in total. The van der Waals surface area contributed by atoms with Gasteiger partial charge in [-0.05, 0) is 23.6 Å². The van der Waals surface area contributed by atoms with Gasteiger partial charge in [0.05, 0.1) is 17.8 Å². The van der Waals surface area contributed by atoms with Gasteiger partial charge in [-0.2, -0.15) is 13.2 Å². The van der Waals surface area contributed by atoms with Crippen LogP contribution < -0.4 is 10.6 Å². The van der Waals surface area contributed by atoms with Crippen molar-refractivity contribution in [2.45, 2.75) is 39.0 Å². The van der Waals surface area contributed by atoms with Crippen LogP contribution in [-0.4, -0.2) is 18.0 Å². The molecule has 26 heavy (non-hydrogen) atoms. The molecule has 0 atom stereocenters. The zero-order valence-corrected chi connectivity index (χ0v) is 17.9. The molecule has 0 bridgehead atoms. The molecular weight excluding hydrogens is 476 g/mol. The van der Waals surface area contributed by atoms with Crippen molar-refractivity contribution >= 4 is 41.3 Å². The predicted molar refractivity (Wildman–Crippen MR) is 110 cm³/mol. The van der Waals surface area contributed by atoms with Gasteiger partial charge in [-0.1, -0.05) is 26.0 Å². The molecule has 0 saturated carbocycles. The molecule has 0 spiro atoms. The summed E-state index contributed by atoms with van der Waals surface area (Å²) in [7, 11) is 1.61. The van der Waals surface area contributed by atoms with Gasteiger partial charge < -0.3 is 10.6 Å². The first kappa shape index (κ1) is 22.7. The van der Waals surface area contributed by atoms with Crippen LogP contribution in [-0.2, 0) is 19.3 Å². The average molecular weight is 498 g/mol. The van der Waals surface area contributed by atoms with Crippen molar-refractivity contribution in [2.24, 2.45) is 4.99 Å². The molecule has 1 aromatic carbocycles. The Kier molecular flexibility index (Phi) is 8.81. The maximum atomic E-state index is 12.7. The van der Waals surface area contributed by atoms with Crippen molar-refractivity contribution in [3.05, 3.63) is 51.5 Å². The summed E-state index contributed by atoms with van der Waals surface area (Å²) in [6.45, 7) is 4.93. The van der Waals surface area contributed by atoms with E-state index >= 15 is 0 Å². The Balaban J connectivity index is 0.00000338. The minimum Gasteiger partial charge on any atom is -0.352 e. The Morgan fingerprint density at radius 3 is 2.50 bits per heavy atom. The highest BCUT2D eigenvalue weighted by Gasteiger charge is 2.30. The fourth-order valence-electron chi connectivity index (χ4n) is 2.09. The molecule has 0 saturated heterocycles. The van der Waals surface area contributed by atoms with Gasteiger partial charge in [-0.15, -0.1) is 35.3 Å². The third-order valence-electron chi connectivity index (χ3n) is 3.51. The van der Waals surface area contributed by atoms with Crippen LogP contribution in [0.3, 0.4) is 0 Å². The highest BCUT2D eigenvalue weighted by Crippen LogP contribution is 2.29. The molecule has 0 fully saturated rings. The van der Waals surface area contributed by atoms with Crippen molar-refractivity contribution in [1.29, 1.82) is 0 Å². The standard InChI is InChI=1S/C17H21F3N4S.HI/c1-11(2)14-10-25-15(24-14)9-23-16(21-3)22-8-12-5-4-6-13(7-12)17(18,19)20;/h4-7,10-11H,8-9H2,1-3H3,(H2,21,22,23);1H. The molecule has 9 heteroatoms. The van der Waals surface area contributed by atoms with Crippen LogP contribution in [0.15, 0.2) is 34.6 Å². The first-order valence-electron chi connectivity index (χ1n) is 7.84. The maximum Gasteiger partial charge on any atom is 0.416 e. The number of hydrogen-bond donors (Lipinski definition) is 2. The molecule has 0 aliphatic heterocycles. The SMILES string of the molecule is CN=C(NCc1cccc(C(F)(F)F)c1)NCc1nc(C(C)C)cs1.I. The monoisotopic (exact) mass is 498 g/mol. The van der Waals surface area contributed by atoms with Gasteiger partial charge in [-0.3, -0.25) is 4.99 Å². The number of nitrogens with one attached hydrogen (secondary N) is 2. The third kappa shape index (κ3) is 6.75. The summed E-state index contributed by atoms with van der Waals surface area (Å²) in [5.41, 5.74) is 0.932. The second-order valence-electron chi connectivity index (χ2n) is 5.80. The molecule has 1 heterocycles. The van der Waals surface area contributed by atoms with E-state index in [0.29, 0.717) is 24.0 Å². The van der Waals surface area contributed by atoms with Gasteiger partial charge in [0, 0.05) is 19.0 Å². The lowest BCUT2D eigenvalue weighted by Crippen LogP contribution is -2.36. The van der Waals surface area contributed by atoms with Gasteiger partial charge in [0.25, 0.3) is 0 Å². The number of alkyl halides is 3. The third-order valence-corrected chi connectivity index (χ3v) is 4.37. The zero-order valence-electron chi connectivity index (χ0n) is 14.7. The number of rotatable bonds is 5. The van der Waals surface area contributed by atoms with Crippen LogP contribution >= 0.6 is 35.3 Å². The first-order chi connectivity index (χ1) is 11.8. The summed E-state index contributed by atoms with van der Waals surface area (Å²) in [6, 6.07) is 5.24. The second kappa shape index (κ2) is 10.1. The lowest BCUT2D eigenvalue weighted by molar-refractivity contribution is -0.137. The highest BCUT2D eigenvalue weighted by molar-refractivity contribution is 14.0. The van der Waals surface area contributed by atoms with Crippen LogP contribution in [0.4, 0.5) is 13.2 Å².